The molecule has 6 unspecified atom stereocenters. The second kappa shape index (κ2) is 13.0. The second-order valence-corrected chi connectivity index (χ2v) is 15.9. The van der Waals surface area contributed by atoms with Crippen LogP contribution in [0.3, 0.4) is 0 Å². The molecule has 2 bridgehead atoms. The van der Waals surface area contributed by atoms with Gasteiger partial charge in [0, 0.05) is 64.6 Å². The Hall–Kier alpha value is -4.67. The van der Waals surface area contributed by atoms with Crippen LogP contribution in [0.4, 0.5) is 4.39 Å². The van der Waals surface area contributed by atoms with Crippen molar-refractivity contribution in [3.8, 4) is 29.0 Å². The van der Waals surface area contributed by atoms with Gasteiger partial charge >= 0.3 is 0 Å². The quantitative estimate of drug-likeness (QED) is 0.170. The number of aromatic nitrogens is 2. The number of fused-ring (bicyclic) bond motifs is 4. The number of nitrogens with zero attached hydrogens (tertiary/aromatic N) is 5. The van der Waals surface area contributed by atoms with Crippen LogP contribution in [0.2, 0.25) is 10.0 Å². The lowest BCUT2D eigenvalue weighted by Crippen LogP contribution is -2.43. The third-order valence-corrected chi connectivity index (χ3v) is 12.8. The van der Waals surface area contributed by atoms with Gasteiger partial charge in [0.25, 0.3) is 0 Å². The molecule has 1 amide bonds. The van der Waals surface area contributed by atoms with Gasteiger partial charge in [-0.25, -0.2) is 9.37 Å². The molecule has 268 valence electrons. The first kappa shape index (κ1) is 34.1. The van der Waals surface area contributed by atoms with Gasteiger partial charge in [0.05, 0.1) is 51.4 Å². The highest BCUT2D eigenvalue weighted by Gasteiger charge is 2.52. The summed E-state index contributed by atoms with van der Waals surface area (Å²) in [6, 6.07) is 20.7. The average molecular weight is 748 g/mol. The summed E-state index contributed by atoms with van der Waals surface area (Å²) in [5.41, 5.74) is 4.75. The number of hydrogen-bond donors (Lipinski definition) is 1. The fraction of sp³-hybridized carbons (Fsp3) is 0.381. The number of benzene rings is 3. The van der Waals surface area contributed by atoms with E-state index in [2.05, 4.69) is 35.0 Å². The molecule has 1 N–H and O–H groups in total. The minimum Gasteiger partial charge on any atom is -0.488 e. The average Bonchev–Trinajstić information content (AvgIpc) is 3.41. The first-order valence-corrected chi connectivity index (χ1v) is 19.1. The van der Waals surface area contributed by atoms with Crippen molar-refractivity contribution in [3.63, 3.8) is 0 Å². The highest BCUT2D eigenvalue weighted by molar-refractivity contribution is 6.43. The van der Waals surface area contributed by atoms with Crippen LogP contribution >= 0.6 is 23.2 Å². The number of aryl methyl sites for hydroxylation is 2. The first-order valence-electron chi connectivity index (χ1n) is 18.4. The van der Waals surface area contributed by atoms with Crippen LogP contribution in [-0.4, -0.2) is 45.1 Å². The van der Waals surface area contributed by atoms with Crippen molar-refractivity contribution in [2.75, 3.05) is 6.54 Å². The number of halogens is 3. The van der Waals surface area contributed by atoms with Crippen LogP contribution in [0.5, 0.6) is 5.75 Å². The molecule has 3 aromatic carbocycles. The largest absolute Gasteiger partial charge is 0.488 e. The van der Waals surface area contributed by atoms with Crippen molar-refractivity contribution in [3.05, 3.63) is 93.0 Å². The number of hydrogen-bond acceptors (Lipinski definition) is 6. The first-order chi connectivity index (χ1) is 25.7. The van der Waals surface area contributed by atoms with E-state index in [4.69, 9.17) is 32.9 Å². The maximum absolute atomic E-state index is 17.2. The summed E-state index contributed by atoms with van der Waals surface area (Å²) in [5.74, 6) is 0.625. The highest BCUT2D eigenvalue weighted by atomic mass is 35.5. The lowest BCUT2D eigenvalue weighted by molar-refractivity contribution is -0.136. The molecule has 6 atom stereocenters. The van der Waals surface area contributed by atoms with Crippen molar-refractivity contribution in [1.82, 2.24) is 19.8 Å². The lowest BCUT2D eigenvalue weighted by Gasteiger charge is -2.39. The fourth-order valence-corrected chi connectivity index (χ4v) is 9.61. The molecular weight excluding hydrogens is 710 g/mol. The van der Waals surface area contributed by atoms with Crippen molar-refractivity contribution < 1.29 is 13.9 Å². The summed E-state index contributed by atoms with van der Waals surface area (Å²) in [6.45, 7) is 4.86. The van der Waals surface area contributed by atoms with Gasteiger partial charge in [0.15, 0.2) is 5.82 Å². The highest BCUT2D eigenvalue weighted by Crippen LogP contribution is 2.52. The number of nitrogens with one attached hydrogen (secondary N) is 1. The molecule has 3 saturated heterocycles. The molecule has 3 aliphatic heterocycles. The number of nitriles is 2. The number of ether oxygens (including phenoxy) is 1. The van der Waals surface area contributed by atoms with Crippen LogP contribution in [0.25, 0.3) is 32.9 Å². The van der Waals surface area contributed by atoms with Gasteiger partial charge in [-0.15, -0.1) is 0 Å². The fourth-order valence-electron chi connectivity index (χ4n) is 9.21. The molecule has 11 heteroatoms. The number of amides is 1. The summed E-state index contributed by atoms with van der Waals surface area (Å²) < 4.78 is 26.2. The van der Waals surface area contributed by atoms with Crippen LogP contribution < -0.4 is 10.1 Å². The van der Waals surface area contributed by atoms with E-state index < -0.39 is 5.82 Å². The molecule has 5 aliphatic rings. The number of rotatable bonds is 8. The zero-order chi connectivity index (χ0) is 36.7. The second-order valence-electron chi connectivity index (χ2n) is 15.1. The number of likely N-dealkylation sites (tertiary alicyclic amines) is 1. The molecule has 2 aliphatic carbocycles. The molecule has 5 fully saturated rings. The van der Waals surface area contributed by atoms with E-state index in [9.17, 15) is 15.3 Å². The van der Waals surface area contributed by atoms with Gasteiger partial charge in [-0.05, 0) is 87.4 Å². The molecule has 0 spiro atoms. The zero-order valence-corrected chi connectivity index (χ0v) is 30.9. The Morgan fingerprint density at radius 2 is 1.91 bits per heavy atom. The summed E-state index contributed by atoms with van der Waals surface area (Å²) in [5, 5.41) is 25.0. The lowest BCUT2D eigenvalue weighted by atomic mass is 9.79. The molecule has 10 rings (SSSR count). The predicted molar refractivity (Wildman–Crippen MR) is 202 cm³/mol. The smallest absolute Gasteiger partial charge is 0.226 e. The van der Waals surface area contributed by atoms with Crippen molar-refractivity contribution >= 4 is 50.9 Å². The van der Waals surface area contributed by atoms with Crippen molar-refractivity contribution in [1.29, 1.82) is 10.5 Å². The minimum absolute atomic E-state index is 0.00208. The van der Waals surface area contributed by atoms with E-state index in [1.54, 1.807) is 30.3 Å². The number of carbonyl (C=O) groups is 1. The SMILES string of the molecule is Cc1nc2c(F)c(-c3cccc(Cl)c3Cl)c(CCC#N)cc2c2c1cc(C1CC(Oc3cccc(C#N)c3)C(C)N1C(=O)C1CC1)n2C1C2CNC1C2. The normalized spacial score (nSPS) is 24.7. The Morgan fingerprint density at radius 1 is 1.09 bits per heavy atom. The van der Waals surface area contributed by atoms with E-state index in [1.165, 1.54) is 0 Å². The zero-order valence-electron chi connectivity index (χ0n) is 29.4. The Kier molecular flexibility index (Phi) is 8.38. The van der Waals surface area contributed by atoms with E-state index in [1.807, 2.05) is 30.0 Å². The van der Waals surface area contributed by atoms with Gasteiger partial charge < -0.3 is 19.5 Å². The van der Waals surface area contributed by atoms with Crippen molar-refractivity contribution in [2.24, 2.45) is 11.8 Å². The van der Waals surface area contributed by atoms with Gasteiger partial charge in [-0.3, -0.25) is 4.79 Å². The van der Waals surface area contributed by atoms with E-state index >= 15 is 4.39 Å². The third-order valence-electron chi connectivity index (χ3n) is 12.0. The molecule has 5 heterocycles. The number of carbonyl (C=O) groups excluding carboxylic acids is 1. The minimum atomic E-state index is -0.498. The summed E-state index contributed by atoms with van der Waals surface area (Å²) in [7, 11) is 0. The Morgan fingerprint density at radius 3 is 2.62 bits per heavy atom. The van der Waals surface area contributed by atoms with E-state index in [0.29, 0.717) is 62.9 Å². The topological polar surface area (TPSA) is 107 Å². The molecular formula is C42H37Cl2FN6O2. The molecule has 0 radical (unpaired) electrons. The van der Waals surface area contributed by atoms with Gasteiger partial charge in [-0.1, -0.05) is 41.4 Å². The Balaban J connectivity index is 1.27. The Labute approximate surface area is 317 Å². The predicted octanol–water partition coefficient (Wildman–Crippen LogP) is 8.99. The summed E-state index contributed by atoms with van der Waals surface area (Å²) in [6.07, 6.45) is 3.57. The van der Waals surface area contributed by atoms with Gasteiger partial charge in [-0.2, -0.15) is 10.5 Å². The Bertz CT molecular complexity index is 2420. The molecule has 8 nitrogen and oxygen atoms in total. The van der Waals surface area contributed by atoms with E-state index in [-0.39, 0.29) is 59.1 Å². The maximum Gasteiger partial charge on any atom is 0.226 e. The monoisotopic (exact) mass is 746 g/mol. The summed E-state index contributed by atoms with van der Waals surface area (Å²) >= 11 is 13.1. The third kappa shape index (κ3) is 5.47. The van der Waals surface area contributed by atoms with Crippen LogP contribution in [0.1, 0.15) is 73.6 Å². The van der Waals surface area contributed by atoms with E-state index in [0.717, 1.165) is 42.4 Å². The maximum atomic E-state index is 17.2. The number of pyridine rings is 1. The molecule has 53 heavy (non-hydrogen) atoms. The standard InChI is InChI=1S/C42H37Cl2FN6O2/c1-21-29-17-33(34-18-35(22(2)50(34)42(52)24-11-12-24)53-27-8-3-6-23(14-27)19-47)51(40-26-16-32(40)48-20-26)41(29)30-15-25(7-5-13-46)36(38(45)39(30)49-21)28-9-4-10-31(43)37(28)44/h3-4,6,8-10,14-15,17,22,24,26,32,34-35,40,48H,5,7,11-12,16,18,20H2,1-2H3. The van der Waals surface area contributed by atoms with Gasteiger partial charge in [0.2, 0.25) is 5.91 Å². The molecule has 2 saturated carbocycles. The van der Waals surface area contributed by atoms with Crippen molar-refractivity contribution in [2.45, 2.75) is 82.6 Å². The van der Waals surface area contributed by atoms with Crippen LogP contribution in [0.15, 0.2) is 54.6 Å². The van der Waals surface area contributed by atoms with Gasteiger partial charge in [0.1, 0.15) is 17.4 Å². The molecule has 2 aromatic heterocycles. The summed E-state index contributed by atoms with van der Waals surface area (Å²) in [4.78, 5) is 21.2. The van der Waals surface area contributed by atoms with Crippen LogP contribution in [-0.2, 0) is 11.2 Å². The molecule has 5 aromatic rings. The van der Waals surface area contributed by atoms with Crippen LogP contribution in [0, 0.1) is 47.2 Å².